The van der Waals surface area contributed by atoms with Gasteiger partial charge in [0.15, 0.2) is 0 Å². The van der Waals surface area contributed by atoms with Crippen molar-refractivity contribution in [2.45, 2.75) is 20.4 Å². The number of thiazole rings is 1. The summed E-state index contributed by atoms with van der Waals surface area (Å²) in [6.45, 7) is 7.57. The van der Waals surface area contributed by atoms with Gasteiger partial charge in [0.1, 0.15) is 0 Å². The fourth-order valence-corrected chi connectivity index (χ4v) is 2.59. The number of hydrogen-bond donors (Lipinski definition) is 1. The highest BCUT2D eigenvalue weighted by Crippen LogP contribution is 2.14. The van der Waals surface area contributed by atoms with Gasteiger partial charge in [-0.05, 0) is 33.5 Å². The lowest BCUT2D eigenvalue weighted by Crippen LogP contribution is -2.29. The predicted molar refractivity (Wildman–Crippen MR) is 66.3 cm³/mol. The summed E-state index contributed by atoms with van der Waals surface area (Å²) in [4.78, 5) is 8.01. The summed E-state index contributed by atoms with van der Waals surface area (Å²) in [6.07, 6.45) is 0. The molecule has 1 heterocycles. The van der Waals surface area contributed by atoms with E-state index in [-0.39, 0.29) is 0 Å². The number of nitrogens with one attached hydrogen (secondary N) is 1. The molecule has 1 atom stereocenters. The van der Waals surface area contributed by atoms with E-state index in [0.717, 1.165) is 19.6 Å². The molecule has 0 bridgehead atoms. The maximum atomic E-state index is 4.26. The first-order valence-corrected chi connectivity index (χ1v) is 6.23. The van der Waals surface area contributed by atoms with Crippen LogP contribution in [0.15, 0.2) is 5.51 Å². The van der Waals surface area contributed by atoms with E-state index < -0.39 is 0 Å². The number of aromatic nitrogens is 1. The molecule has 1 aromatic rings. The summed E-state index contributed by atoms with van der Waals surface area (Å²) in [5, 5.41) is 3.21. The van der Waals surface area contributed by atoms with Crippen LogP contribution in [0.5, 0.6) is 0 Å². The van der Waals surface area contributed by atoms with E-state index in [1.54, 1.807) is 11.3 Å². The molecule has 0 aliphatic carbocycles. The molecule has 0 fully saturated rings. The molecule has 1 unspecified atom stereocenters. The van der Waals surface area contributed by atoms with Crippen LogP contribution < -0.4 is 5.32 Å². The summed E-state index contributed by atoms with van der Waals surface area (Å²) in [5.41, 5.74) is 3.10. The van der Waals surface area contributed by atoms with Crippen LogP contribution in [0.1, 0.15) is 17.5 Å². The molecule has 1 rings (SSSR count). The molecular weight excluding hydrogens is 206 g/mol. The molecular formula is C11H21N3S. The second-order valence-corrected chi connectivity index (χ2v) is 5.16. The van der Waals surface area contributed by atoms with Crippen molar-refractivity contribution in [3.63, 3.8) is 0 Å². The van der Waals surface area contributed by atoms with Gasteiger partial charge in [-0.3, -0.25) is 0 Å². The molecule has 0 amide bonds. The number of aryl methyl sites for hydroxylation is 1. The first kappa shape index (κ1) is 12.6. The molecule has 0 radical (unpaired) electrons. The molecule has 0 saturated heterocycles. The van der Waals surface area contributed by atoms with Gasteiger partial charge in [0, 0.05) is 18.0 Å². The van der Waals surface area contributed by atoms with Gasteiger partial charge in [-0.25, -0.2) is 4.98 Å². The maximum Gasteiger partial charge on any atom is 0.0798 e. The minimum Gasteiger partial charge on any atom is -0.319 e. The lowest BCUT2D eigenvalue weighted by molar-refractivity contribution is 0.278. The molecule has 0 spiro atoms. The van der Waals surface area contributed by atoms with Gasteiger partial charge < -0.3 is 10.2 Å². The molecule has 15 heavy (non-hydrogen) atoms. The highest BCUT2D eigenvalue weighted by atomic mass is 32.1. The van der Waals surface area contributed by atoms with Crippen LogP contribution in [-0.2, 0) is 6.54 Å². The van der Waals surface area contributed by atoms with Gasteiger partial charge in [0.2, 0.25) is 0 Å². The van der Waals surface area contributed by atoms with Gasteiger partial charge in [0.05, 0.1) is 11.2 Å². The van der Waals surface area contributed by atoms with E-state index in [2.05, 4.69) is 36.1 Å². The van der Waals surface area contributed by atoms with Crippen molar-refractivity contribution >= 4 is 11.3 Å². The Kier molecular flexibility index (Phi) is 5.22. The van der Waals surface area contributed by atoms with E-state index in [1.165, 1.54) is 10.6 Å². The van der Waals surface area contributed by atoms with Crippen molar-refractivity contribution < 1.29 is 0 Å². The average molecular weight is 227 g/mol. The molecule has 86 valence electrons. The number of nitrogens with zero attached hydrogens (tertiary/aromatic N) is 2. The first-order chi connectivity index (χ1) is 7.13. The Morgan fingerprint density at radius 3 is 2.87 bits per heavy atom. The molecule has 0 saturated carbocycles. The Hall–Kier alpha value is -0.450. The number of rotatable bonds is 6. The fourth-order valence-electron chi connectivity index (χ4n) is 1.73. The van der Waals surface area contributed by atoms with E-state index in [1.807, 2.05) is 12.6 Å². The van der Waals surface area contributed by atoms with Crippen LogP contribution in [0.4, 0.5) is 0 Å². The van der Waals surface area contributed by atoms with E-state index >= 15 is 0 Å². The molecule has 3 nitrogen and oxygen atoms in total. The van der Waals surface area contributed by atoms with Crippen LogP contribution in [0, 0.1) is 12.8 Å². The fraction of sp³-hybridized carbons (Fsp3) is 0.727. The zero-order chi connectivity index (χ0) is 11.3. The third-order valence-corrected chi connectivity index (χ3v) is 3.35. The molecule has 0 aliphatic rings. The normalized spacial score (nSPS) is 13.4. The van der Waals surface area contributed by atoms with Crippen LogP contribution in [-0.4, -0.2) is 37.1 Å². The maximum absolute atomic E-state index is 4.26. The van der Waals surface area contributed by atoms with Gasteiger partial charge >= 0.3 is 0 Å². The Morgan fingerprint density at radius 1 is 1.60 bits per heavy atom. The van der Waals surface area contributed by atoms with Crippen molar-refractivity contribution in [2.24, 2.45) is 5.92 Å². The second-order valence-electron chi connectivity index (χ2n) is 4.22. The van der Waals surface area contributed by atoms with E-state index in [9.17, 15) is 0 Å². The molecule has 4 heteroatoms. The van der Waals surface area contributed by atoms with E-state index in [4.69, 9.17) is 0 Å². The predicted octanol–water partition coefficient (Wildman–Crippen LogP) is 1.74. The van der Waals surface area contributed by atoms with Crippen LogP contribution in [0.2, 0.25) is 0 Å². The molecule has 0 aromatic carbocycles. The average Bonchev–Trinajstić information content (AvgIpc) is 2.52. The lowest BCUT2D eigenvalue weighted by Gasteiger charge is -2.20. The summed E-state index contributed by atoms with van der Waals surface area (Å²) in [7, 11) is 4.18. The third-order valence-electron chi connectivity index (χ3n) is 2.43. The Morgan fingerprint density at radius 2 is 2.33 bits per heavy atom. The quantitative estimate of drug-likeness (QED) is 0.802. The molecule has 1 N–H and O–H groups in total. The Bertz CT molecular complexity index is 285. The van der Waals surface area contributed by atoms with E-state index in [0.29, 0.717) is 5.92 Å². The van der Waals surface area contributed by atoms with Gasteiger partial charge in [-0.2, -0.15) is 0 Å². The SMILES string of the molecule is CNCC(C)CN(C)Cc1scnc1C. The van der Waals surface area contributed by atoms with Crippen LogP contribution in [0.3, 0.4) is 0 Å². The topological polar surface area (TPSA) is 28.2 Å². The Balaban J connectivity index is 2.36. The van der Waals surface area contributed by atoms with Crippen LogP contribution >= 0.6 is 11.3 Å². The van der Waals surface area contributed by atoms with Gasteiger partial charge in [-0.15, -0.1) is 11.3 Å². The van der Waals surface area contributed by atoms with Gasteiger partial charge in [0.25, 0.3) is 0 Å². The lowest BCUT2D eigenvalue weighted by atomic mass is 10.1. The monoisotopic (exact) mass is 227 g/mol. The smallest absolute Gasteiger partial charge is 0.0798 e. The van der Waals surface area contributed by atoms with Gasteiger partial charge in [-0.1, -0.05) is 6.92 Å². The summed E-state index contributed by atoms with van der Waals surface area (Å²) >= 11 is 1.75. The summed E-state index contributed by atoms with van der Waals surface area (Å²) < 4.78 is 0. The Labute approximate surface area is 96.5 Å². The highest BCUT2D eigenvalue weighted by Gasteiger charge is 2.08. The minimum atomic E-state index is 0.688. The van der Waals surface area contributed by atoms with Crippen molar-refractivity contribution in [1.29, 1.82) is 0 Å². The molecule has 1 aromatic heterocycles. The minimum absolute atomic E-state index is 0.688. The largest absolute Gasteiger partial charge is 0.319 e. The van der Waals surface area contributed by atoms with Crippen molar-refractivity contribution in [3.8, 4) is 0 Å². The first-order valence-electron chi connectivity index (χ1n) is 5.35. The van der Waals surface area contributed by atoms with Crippen molar-refractivity contribution in [3.05, 3.63) is 16.1 Å². The molecule has 0 aliphatic heterocycles. The second kappa shape index (κ2) is 6.20. The third kappa shape index (κ3) is 4.28. The van der Waals surface area contributed by atoms with Crippen LogP contribution in [0.25, 0.3) is 0 Å². The zero-order valence-electron chi connectivity index (χ0n) is 10.1. The summed E-state index contributed by atoms with van der Waals surface area (Å²) in [6, 6.07) is 0. The van der Waals surface area contributed by atoms with Crippen molar-refractivity contribution in [2.75, 3.05) is 27.2 Å². The highest BCUT2D eigenvalue weighted by molar-refractivity contribution is 7.09. The van der Waals surface area contributed by atoms with Crippen molar-refractivity contribution in [1.82, 2.24) is 15.2 Å². The zero-order valence-corrected chi connectivity index (χ0v) is 10.9. The summed E-state index contributed by atoms with van der Waals surface area (Å²) in [5.74, 6) is 0.688. The standard InChI is InChI=1S/C11H21N3S/c1-9(5-12-3)6-14(4)7-11-10(2)13-8-15-11/h8-9,12H,5-7H2,1-4H3. The number of hydrogen-bond acceptors (Lipinski definition) is 4.